The fourth-order valence-electron chi connectivity index (χ4n) is 5.23. The lowest BCUT2D eigenvalue weighted by atomic mass is 9.99. The van der Waals surface area contributed by atoms with Crippen molar-refractivity contribution in [1.29, 1.82) is 0 Å². The summed E-state index contributed by atoms with van der Waals surface area (Å²) >= 11 is 0. The van der Waals surface area contributed by atoms with Gasteiger partial charge in [0, 0.05) is 25.1 Å². The second-order valence-electron chi connectivity index (χ2n) is 8.56. The molecular weight excluding hydrogens is 416 g/mol. The number of urea groups is 1. The van der Waals surface area contributed by atoms with Gasteiger partial charge in [0.25, 0.3) is 0 Å². The molecule has 0 atom stereocenters. The first-order chi connectivity index (χ1) is 15.0. The third-order valence-corrected chi connectivity index (χ3v) is 8.07. The number of aryl methyl sites for hydroxylation is 2. The molecule has 2 N–H and O–H groups in total. The number of hydrogen-bond acceptors (Lipinski definition) is 5. The number of carbonyl (C=O) groups is 1. The smallest absolute Gasteiger partial charge is 0.334 e. The number of fused-ring (bicyclic) bond motifs is 2. The van der Waals surface area contributed by atoms with Crippen LogP contribution in [0.3, 0.4) is 0 Å². The van der Waals surface area contributed by atoms with Crippen molar-refractivity contribution in [3.63, 3.8) is 0 Å². The second-order valence-corrected chi connectivity index (χ2v) is 10.1. The molecule has 2 heterocycles. The van der Waals surface area contributed by atoms with Crippen LogP contribution in [0.2, 0.25) is 0 Å². The molecule has 1 saturated heterocycles. The van der Waals surface area contributed by atoms with Crippen LogP contribution in [-0.4, -0.2) is 50.8 Å². The van der Waals surface area contributed by atoms with Gasteiger partial charge >= 0.3 is 16.2 Å². The van der Waals surface area contributed by atoms with Gasteiger partial charge in [-0.1, -0.05) is 6.07 Å². The van der Waals surface area contributed by atoms with Crippen molar-refractivity contribution in [3.8, 4) is 0 Å². The van der Waals surface area contributed by atoms with Crippen molar-refractivity contribution in [2.45, 2.75) is 57.4 Å². The molecule has 5 rings (SSSR count). The predicted octanol–water partition coefficient (Wildman–Crippen LogP) is 2.48. The third-order valence-electron chi connectivity index (χ3n) is 6.60. The molecule has 31 heavy (non-hydrogen) atoms. The second kappa shape index (κ2) is 8.27. The highest BCUT2D eigenvalue weighted by Gasteiger charge is 2.35. The molecule has 2 aliphatic carbocycles. The number of nitrogens with one attached hydrogen (secondary N) is 2. The topological polar surface area (TPSA) is 100 Å². The Kier molecular flexibility index (Phi) is 5.47. The van der Waals surface area contributed by atoms with Gasteiger partial charge in [-0.25, -0.2) is 13.8 Å². The van der Waals surface area contributed by atoms with Crippen molar-refractivity contribution in [2.75, 3.05) is 25.1 Å². The van der Waals surface area contributed by atoms with Crippen molar-refractivity contribution < 1.29 is 17.9 Å². The van der Waals surface area contributed by atoms with E-state index in [1.807, 2.05) is 0 Å². The van der Waals surface area contributed by atoms with Crippen LogP contribution >= 0.6 is 0 Å². The first-order valence-corrected chi connectivity index (χ1v) is 12.5. The van der Waals surface area contributed by atoms with Crippen molar-refractivity contribution in [2.24, 2.45) is 4.99 Å². The zero-order valence-electron chi connectivity index (χ0n) is 17.5. The average Bonchev–Trinajstić information content (AvgIpc) is 3.50. The summed E-state index contributed by atoms with van der Waals surface area (Å²) in [5.41, 5.74) is 6.24. The molecule has 1 aromatic carbocycles. The fourth-order valence-corrected chi connectivity index (χ4v) is 6.62. The molecule has 2 amide bonds. The number of allylic oxidation sites excluding steroid dienone is 1. The van der Waals surface area contributed by atoms with Crippen molar-refractivity contribution in [3.05, 3.63) is 40.1 Å². The molecule has 0 spiro atoms. The van der Waals surface area contributed by atoms with Gasteiger partial charge in [-0.3, -0.25) is 4.99 Å². The van der Waals surface area contributed by atoms with Crippen LogP contribution in [0.1, 0.15) is 47.9 Å². The van der Waals surface area contributed by atoms with E-state index in [0.29, 0.717) is 38.3 Å². The van der Waals surface area contributed by atoms with E-state index < -0.39 is 16.2 Å². The van der Waals surface area contributed by atoms with Crippen LogP contribution in [0.15, 0.2) is 22.8 Å². The quantitative estimate of drug-likeness (QED) is 0.729. The van der Waals surface area contributed by atoms with Crippen LogP contribution in [0.5, 0.6) is 0 Å². The van der Waals surface area contributed by atoms with Gasteiger partial charge in [-0.2, -0.15) is 8.42 Å². The predicted molar refractivity (Wildman–Crippen MR) is 119 cm³/mol. The van der Waals surface area contributed by atoms with Crippen molar-refractivity contribution in [1.82, 2.24) is 9.03 Å². The molecule has 0 saturated carbocycles. The molecule has 2 aliphatic heterocycles. The van der Waals surface area contributed by atoms with Crippen molar-refractivity contribution >= 4 is 28.1 Å². The first-order valence-electron chi connectivity index (χ1n) is 11.1. The van der Waals surface area contributed by atoms with E-state index in [-0.39, 0.29) is 6.04 Å². The maximum absolute atomic E-state index is 13.3. The minimum atomic E-state index is -4.10. The molecule has 0 unspecified atom stereocenters. The standard InChI is InChI=1S/C22H28N4O4S/c27-22(24-21-19-5-1-3-15(19)13-16-4-2-6-20(16)21)25-31(28,29)26(18-7-10-23-14-18)17-8-11-30-12-9-17/h7,13-14,17H,1-6,8-12H2,(H2,24,25,27). The fraction of sp³-hybridized carbons (Fsp3) is 0.545. The van der Waals surface area contributed by atoms with Gasteiger partial charge < -0.3 is 10.1 Å². The van der Waals surface area contributed by atoms with Gasteiger partial charge in [0.1, 0.15) is 0 Å². The maximum Gasteiger partial charge on any atom is 0.334 e. The Bertz CT molecular complexity index is 1030. The lowest BCUT2D eigenvalue weighted by molar-refractivity contribution is 0.0654. The number of anilines is 1. The minimum Gasteiger partial charge on any atom is -0.381 e. The Labute approximate surface area is 182 Å². The third kappa shape index (κ3) is 3.96. The van der Waals surface area contributed by atoms with E-state index >= 15 is 0 Å². The number of benzene rings is 1. The Balaban J connectivity index is 1.39. The van der Waals surface area contributed by atoms with Crippen LogP contribution in [-0.2, 0) is 40.6 Å². The Morgan fingerprint density at radius 2 is 1.74 bits per heavy atom. The number of ether oxygens (including phenoxy) is 1. The van der Waals surface area contributed by atoms with E-state index in [9.17, 15) is 13.2 Å². The monoisotopic (exact) mass is 444 g/mol. The molecule has 0 radical (unpaired) electrons. The van der Waals surface area contributed by atoms with Gasteiger partial charge in [0.05, 0.1) is 18.3 Å². The summed E-state index contributed by atoms with van der Waals surface area (Å²) in [5, 5.41) is 2.91. The largest absolute Gasteiger partial charge is 0.381 e. The van der Waals surface area contributed by atoms with Crippen LogP contribution < -0.4 is 10.0 Å². The number of hydrogen-bond donors (Lipinski definition) is 2. The number of nitrogens with zero attached hydrogens (tertiary/aromatic N) is 2. The Morgan fingerprint density at radius 1 is 1.06 bits per heavy atom. The molecule has 0 aromatic heterocycles. The van der Waals surface area contributed by atoms with Gasteiger partial charge in [-0.05, 0) is 79.7 Å². The Morgan fingerprint density at radius 3 is 2.35 bits per heavy atom. The summed E-state index contributed by atoms with van der Waals surface area (Å²) in [6, 6.07) is 1.31. The van der Waals surface area contributed by atoms with E-state index in [0.717, 1.165) is 44.2 Å². The van der Waals surface area contributed by atoms with E-state index in [2.05, 4.69) is 21.1 Å². The number of carbonyl (C=O) groups excluding carboxylic acids is 1. The molecular formula is C22H28N4O4S. The molecule has 4 aliphatic rings. The highest BCUT2D eigenvalue weighted by atomic mass is 32.2. The molecule has 0 bridgehead atoms. The van der Waals surface area contributed by atoms with Crippen LogP contribution in [0.25, 0.3) is 0 Å². The summed E-state index contributed by atoms with van der Waals surface area (Å²) in [4.78, 5) is 17.1. The maximum atomic E-state index is 13.3. The van der Waals surface area contributed by atoms with Gasteiger partial charge in [0.2, 0.25) is 0 Å². The van der Waals surface area contributed by atoms with Gasteiger partial charge in [0.15, 0.2) is 0 Å². The molecule has 1 aromatic rings. The summed E-state index contributed by atoms with van der Waals surface area (Å²) in [5.74, 6) is 0. The Hall–Kier alpha value is -2.39. The minimum absolute atomic E-state index is 0.264. The first kappa shape index (κ1) is 20.5. The number of rotatable bonds is 5. The highest BCUT2D eigenvalue weighted by molar-refractivity contribution is 7.87. The summed E-state index contributed by atoms with van der Waals surface area (Å²) in [6.45, 7) is 1.43. The summed E-state index contributed by atoms with van der Waals surface area (Å²) < 4.78 is 35.6. The summed E-state index contributed by atoms with van der Waals surface area (Å²) in [7, 11) is -4.10. The molecule has 1 fully saturated rings. The molecule has 166 valence electrons. The summed E-state index contributed by atoms with van der Waals surface area (Å²) in [6.07, 6.45) is 10.5. The average molecular weight is 445 g/mol. The number of aliphatic imine (C=N–C) groups is 1. The highest BCUT2D eigenvalue weighted by Crippen LogP contribution is 2.38. The van der Waals surface area contributed by atoms with Crippen LogP contribution in [0, 0.1) is 0 Å². The van der Waals surface area contributed by atoms with Gasteiger partial charge in [-0.15, -0.1) is 0 Å². The zero-order chi connectivity index (χ0) is 21.4. The van der Waals surface area contributed by atoms with E-state index in [4.69, 9.17) is 4.74 Å². The zero-order valence-corrected chi connectivity index (χ0v) is 18.3. The van der Waals surface area contributed by atoms with E-state index in [1.54, 1.807) is 12.3 Å². The lowest BCUT2D eigenvalue weighted by Gasteiger charge is -2.34. The normalized spacial score (nSPS) is 20.3. The SMILES string of the molecule is O=C(Nc1c2c(cc3c1CCC3)CCC2)NS(=O)(=O)N(C1=CCN=C1)C1CCOCC1. The molecule has 9 heteroatoms. The lowest BCUT2D eigenvalue weighted by Crippen LogP contribution is -2.50. The van der Waals surface area contributed by atoms with Crippen LogP contribution in [0.4, 0.5) is 10.5 Å². The molecule has 8 nitrogen and oxygen atoms in total. The van der Waals surface area contributed by atoms with E-state index in [1.165, 1.54) is 26.6 Å². The number of amides is 2.